The molecule has 0 saturated heterocycles. The molecule has 0 saturated carbocycles. The molecular weight excluding hydrogens is 452 g/mol. The second-order valence-corrected chi connectivity index (χ2v) is 11.1. The maximum absolute atomic E-state index is 6.70. The molecule has 2 heteroatoms. The average Bonchev–Trinajstić information content (AvgIpc) is 2.88. The van der Waals surface area contributed by atoms with E-state index in [0.29, 0.717) is 11.8 Å². The number of rotatable bonds is 4. The van der Waals surface area contributed by atoms with Crippen LogP contribution < -0.4 is 0 Å². The van der Waals surface area contributed by atoms with Crippen molar-refractivity contribution in [1.29, 1.82) is 0 Å². The fourth-order valence-electron chi connectivity index (χ4n) is 6.64. The number of allylic oxidation sites excluding steroid dienone is 2. The first-order valence-corrected chi connectivity index (χ1v) is 13.5. The standard InChI is InChI=1S/C35H32O2/c1-7-11-28-20(8-2)24-14-22(18(3)4)26-17-31-33-25(21-12-9-10-13-29(21)37-31)15-23(19(5)6)27-16-30(36-28)32(24)34(26)35(27)33/h7-9,11-12,14-19H,2,10,13H2,1,3-6H3/b11-7-. The van der Waals surface area contributed by atoms with Crippen LogP contribution in [0, 0.1) is 0 Å². The van der Waals surface area contributed by atoms with E-state index < -0.39 is 0 Å². The van der Waals surface area contributed by atoms with Crippen LogP contribution in [0.15, 0.2) is 51.8 Å². The summed E-state index contributed by atoms with van der Waals surface area (Å²) in [6.07, 6.45) is 12.6. The third-order valence-electron chi connectivity index (χ3n) is 8.28. The lowest BCUT2D eigenvalue weighted by Crippen LogP contribution is -2.02. The molecule has 0 spiro atoms. The van der Waals surface area contributed by atoms with Crippen molar-refractivity contribution in [3.63, 3.8) is 0 Å². The molecule has 0 radical (unpaired) electrons. The van der Waals surface area contributed by atoms with Crippen molar-refractivity contribution in [2.24, 2.45) is 0 Å². The number of hydrogen-bond donors (Lipinski definition) is 0. The lowest BCUT2D eigenvalue weighted by atomic mass is 9.81. The summed E-state index contributed by atoms with van der Waals surface area (Å²) in [6, 6.07) is 9.37. The highest BCUT2D eigenvalue weighted by Crippen LogP contribution is 2.50. The molecule has 2 aromatic heterocycles. The molecule has 184 valence electrons. The molecule has 37 heavy (non-hydrogen) atoms. The first kappa shape index (κ1) is 22.4. The predicted molar refractivity (Wildman–Crippen MR) is 160 cm³/mol. The van der Waals surface area contributed by atoms with E-state index in [-0.39, 0.29) is 0 Å². The number of fused-ring (bicyclic) bond motifs is 2. The van der Waals surface area contributed by atoms with Gasteiger partial charge in [0.1, 0.15) is 22.7 Å². The summed E-state index contributed by atoms with van der Waals surface area (Å²) in [4.78, 5) is 0. The number of benzene rings is 4. The number of aryl methyl sites for hydroxylation is 1. The first-order valence-electron chi connectivity index (χ1n) is 13.5. The van der Waals surface area contributed by atoms with Crippen LogP contribution in [-0.4, -0.2) is 0 Å². The molecule has 1 aliphatic carbocycles. The first-order chi connectivity index (χ1) is 17.9. The van der Waals surface area contributed by atoms with Gasteiger partial charge in [-0.1, -0.05) is 58.6 Å². The van der Waals surface area contributed by atoms with Crippen molar-refractivity contribution in [1.82, 2.24) is 0 Å². The minimum atomic E-state index is 0.357. The van der Waals surface area contributed by atoms with Gasteiger partial charge in [0.25, 0.3) is 0 Å². The molecule has 0 amide bonds. The minimum Gasteiger partial charge on any atom is -0.460 e. The zero-order valence-electron chi connectivity index (χ0n) is 22.3. The zero-order chi connectivity index (χ0) is 25.6. The van der Waals surface area contributed by atoms with Crippen molar-refractivity contribution < 1.29 is 8.83 Å². The van der Waals surface area contributed by atoms with Crippen LogP contribution >= 0.6 is 0 Å². The molecule has 0 unspecified atom stereocenters. The Morgan fingerprint density at radius 3 is 2.03 bits per heavy atom. The van der Waals surface area contributed by atoms with Crippen molar-refractivity contribution >= 4 is 72.5 Å². The highest BCUT2D eigenvalue weighted by atomic mass is 16.3. The summed E-state index contributed by atoms with van der Waals surface area (Å²) >= 11 is 0. The summed E-state index contributed by atoms with van der Waals surface area (Å²) in [7, 11) is 0. The average molecular weight is 485 g/mol. The molecule has 6 aromatic rings. The van der Waals surface area contributed by atoms with E-state index in [2.05, 4.69) is 76.8 Å². The second kappa shape index (κ2) is 7.86. The quantitative estimate of drug-likeness (QED) is 0.184. The Morgan fingerprint density at radius 1 is 0.784 bits per heavy atom. The van der Waals surface area contributed by atoms with Gasteiger partial charge in [-0.3, -0.25) is 0 Å². The maximum Gasteiger partial charge on any atom is 0.136 e. The molecule has 0 N–H and O–H groups in total. The Kier molecular flexibility index (Phi) is 4.76. The molecule has 0 atom stereocenters. The van der Waals surface area contributed by atoms with Crippen LogP contribution in [0.2, 0.25) is 0 Å². The Hall–Kier alpha value is -3.78. The van der Waals surface area contributed by atoms with Gasteiger partial charge < -0.3 is 8.83 Å². The SMILES string of the molecule is C=Cc1c(/C=C\C)oc2cc3c(C(C)C)cc4c5c(oc6cc7c(C(C)C)cc1c2c7c3c64)CCC=C5. The van der Waals surface area contributed by atoms with E-state index in [1.807, 2.05) is 19.1 Å². The zero-order valence-corrected chi connectivity index (χ0v) is 22.3. The van der Waals surface area contributed by atoms with Crippen molar-refractivity contribution in [3.05, 3.63) is 76.8 Å². The van der Waals surface area contributed by atoms with Gasteiger partial charge in [0.05, 0.1) is 0 Å². The van der Waals surface area contributed by atoms with Crippen molar-refractivity contribution in [2.75, 3.05) is 0 Å². The Morgan fingerprint density at radius 2 is 1.41 bits per heavy atom. The van der Waals surface area contributed by atoms with E-state index in [9.17, 15) is 0 Å². The third kappa shape index (κ3) is 2.93. The van der Waals surface area contributed by atoms with E-state index >= 15 is 0 Å². The van der Waals surface area contributed by atoms with Crippen LogP contribution in [-0.2, 0) is 6.42 Å². The maximum atomic E-state index is 6.70. The van der Waals surface area contributed by atoms with E-state index in [1.165, 1.54) is 59.8 Å². The van der Waals surface area contributed by atoms with Gasteiger partial charge in [-0.15, -0.1) is 0 Å². The number of hydrogen-bond acceptors (Lipinski definition) is 2. The molecule has 1 aliphatic rings. The lowest BCUT2D eigenvalue weighted by Gasteiger charge is -2.25. The Balaban J connectivity index is 1.86. The molecule has 2 heterocycles. The Bertz CT molecular complexity index is 1950. The van der Waals surface area contributed by atoms with Gasteiger partial charge in [-0.25, -0.2) is 0 Å². The second-order valence-electron chi connectivity index (χ2n) is 11.1. The summed E-state index contributed by atoms with van der Waals surface area (Å²) in [6.45, 7) is 15.4. The van der Waals surface area contributed by atoms with Crippen LogP contribution in [0.4, 0.5) is 0 Å². The molecule has 0 fully saturated rings. The largest absolute Gasteiger partial charge is 0.460 e. The molecule has 4 aromatic carbocycles. The van der Waals surface area contributed by atoms with Crippen LogP contribution in [0.1, 0.15) is 86.6 Å². The predicted octanol–water partition coefficient (Wildman–Crippen LogP) is 11.0. The van der Waals surface area contributed by atoms with E-state index in [1.54, 1.807) is 0 Å². The van der Waals surface area contributed by atoms with Crippen LogP contribution in [0.25, 0.3) is 72.5 Å². The van der Waals surface area contributed by atoms with E-state index in [0.717, 1.165) is 41.1 Å². The smallest absolute Gasteiger partial charge is 0.136 e. The van der Waals surface area contributed by atoms with Gasteiger partial charge in [-0.05, 0) is 88.2 Å². The molecule has 7 rings (SSSR count). The Labute approximate surface area is 217 Å². The molecule has 2 nitrogen and oxygen atoms in total. The van der Waals surface area contributed by atoms with Crippen molar-refractivity contribution in [2.45, 2.75) is 59.3 Å². The third-order valence-corrected chi connectivity index (χ3v) is 8.28. The lowest BCUT2D eigenvalue weighted by molar-refractivity contribution is 0.535. The molecule has 0 bridgehead atoms. The van der Waals surface area contributed by atoms with E-state index in [4.69, 9.17) is 8.83 Å². The van der Waals surface area contributed by atoms with Gasteiger partial charge in [-0.2, -0.15) is 0 Å². The topological polar surface area (TPSA) is 26.3 Å². The monoisotopic (exact) mass is 484 g/mol. The minimum absolute atomic E-state index is 0.357. The fourth-order valence-corrected chi connectivity index (χ4v) is 6.64. The highest BCUT2D eigenvalue weighted by molar-refractivity contribution is 6.37. The van der Waals surface area contributed by atoms with Gasteiger partial charge in [0.2, 0.25) is 0 Å². The van der Waals surface area contributed by atoms with Crippen LogP contribution in [0.5, 0.6) is 0 Å². The molecular formula is C35H32O2. The summed E-state index contributed by atoms with van der Waals surface area (Å²) in [5, 5.41) is 10.1. The highest BCUT2D eigenvalue weighted by Gasteiger charge is 2.26. The fraction of sp³-hybridized carbons (Fsp3) is 0.257. The van der Waals surface area contributed by atoms with Crippen LogP contribution in [0.3, 0.4) is 0 Å². The van der Waals surface area contributed by atoms with Crippen molar-refractivity contribution in [3.8, 4) is 0 Å². The summed E-state index contributed by atoms with van der Waals surface area (Å²) < 4.78 is 13.3. The summed E-state index contributed by atoms with van der Waals surface area (Å²) in [5.74, 6) is 2.69. The van der Waals surface area contributed by atoms with Gasteiger partial charge in [0.15, 0.2) is 0 Å². The van der Waals surface area contributed by atoms with Gasteiger partial charge >= 0.3 is 0 Å². The summed E-state index contributed by atoms with van der Waals surface area (Å²) in [5.41, 5.74) is 6.92. The molecule has 0 aliphatic heterocycles. The normalized spacial score (nSPS) is 14.2. The van der Waals surface area contributed by atoms with Gasteiger partial charge in [0, 0.05) is 39.1 Å².